The summed E-state index contributed by atoms with van der Waals surface area (Å²) < 4.78 is 0. The van der Waals surface area contributed by atoms with E-state index in [0.717, 1.165) is 12.8 Å². The molecular weight excluding hydrogens is 262 g/mol. The number of nitrogens with zero attached hydrogens (tertiary/aromatic N) is 1. The van der Waals surface area contributed by atoms with Crippen molar-refractivity contribution in [2.75, 3.05) is 20.1 Å². The first-order valence-electron chi connectivity index (χ1n) is 6.76. The predicted octanol–water partition coefficient (Wildman–Crippen LogP) is 0.407. The van der Waals surface area contributed by atoms with Gasteiger partial charge in [0.2, 0.25) is 5.91 Å². The van der Waals surface area contributed by atoms with Gasteiger partial charge in [0, 0.05) is 20.0 Å². The number of amides is 3. The summed E-state index contributed by atoms with van der Waals surface area (Å²) in [5, 5.41) is 13.9. The van der Waals surface area contributed by atoms with Crippen molar-refractivity contribution in [1.82, 2.24) is 15.5 Å². The van der Waals surface area contributed by atoms with Crippen LogP contribution in [0.4, 0.5) is 4.79 Å². The number of piperidine rings is 1. The Kier molecular flexibility index (Phi) is 5.50. The molecule has 1 fully saturated rings. The van der Waals surface area contributed by atoms with E-state index in [0.29, 0.717) is 13.1 Å². The van der Waals surface area contributed by atoms with Gasteiger partial charge in [-0.3, -0.25) is 19.8 Å². The molecule has 1 rings (SSSR count). The summed E-state index contributed by atoms with van der Waals surface area (Å²) in [7, 11) is 1.43. The smallest absolute Gasteiger partial charge is 0.321 e. The Hall–Kier alpha value is -1.63. The molecule has 0 aromatic carbocycles. The van der Waals surface area contributed by atoms with E-state index in [1.165, 1.54) is 7.05 Å². The third-order valence-electron chi connectivity index (χ3n) is 3.71. The number of imide groups is 1. The van der Waals surface area contributed by atoms with E-state index >= 15 is 0 Å². The molecule has 3 N–H and O–H groups in total. The zero-order valence-corrected chi connectivity index (χ0v) is 12.2. The third-order valence-corrected chi connectivity index (χ3v) is 3.71. The molecule has 1 unspecified atom stereocenters. The van der Waals surface area contributed by atoms with Crippen LogP contribution in [0.15, 0.2) is 0 Å². The van der Waals surface area contributed by atoms with Crippen molar-refractivity contribution in [3.8, 4) is 0 Å². The van der Waals surface area contributed by atoms with E-state index in [2.05, 4.69) is 10.6 Å². The van der Waals surface area contributed by atoms with Gasteiger partial charge in [0.15, 0.2) is 0 Å². The van der Waals surface area contributed by atoms with Gasteiger partial charge in [-0.2, -0.15) is 0 Å². The maximum absolute atomic E-state index is 11.5. The van der Waals surface area contributed by atoms with E-state index in [-0.39, 0.29) is 11.8 Å². The average Bonchev–Trinajstić information content (AvgIpc) is 2.34. The standard InChI is InChI=1S/C13H23N3O4/c1-13(2)6-4-7-16(10(13)11(18)19)8-5-9(17)15-12(20)14-3/h10H,4-8H2,1-3H3,(H,18,19)(H2,14,15,17,20). The van der Waals surface area contributed by atoms with Crippen LogP contribution in [0.3, 0.4) is 0 Å². The highest BCUT2D eigenvalue weighted by Gasteiger charge is 2.42. The second kappa shape index (κ2) is 6.69. The fraction of sp³-hybridized carbons (Fsp3) is 0.769. The van der Waals surface area contributed by atoms with E-state index in [4.69, 9.17) is 0 Å². The van der Waals surface area contributed by atoms with Crippen molar-refractivity contribution in [3.63, 3.8) is 0 Å². The normalized spacial score (nSPS) is 22.1. The average molecular weight is 285 g/mol. The van der Waals surface area contributed by atoms with Crippen molar-refractivity contribution in [3.05, 3.63) is 0 Å². The van der Waals surface area contributed by atoms with Crippen molar-refractivity contribution in [2.45, 2.75) is 39.2 Å². The Balaban J connectivity index is 2.59. The lowest BCUT2D eigenvalue weighted by Gasteiger charge is -2.44. The molecule has 0 spiro atoms. The molecule has 0 aliphatic carbocycles. The topological polar surface area (TPSA) is 98.7 Å². The van der Waals surface area contributed by atoms with Crippen LogP contribution >= 0.6 is 0 Å². The lowest BCUT2D eigenvalue weighted by molar-refractivity contribution is -0.151. The largest absolute Gasteiger partial charge is 0.480 e. The van der Waals surface area contributed by atoms with Gasteiger partial charge < -0.3 is 10.4 Å². The second-order valence-corrected chi connectivity index (χ2v) is 5.75. The van der Waals surface area contributed by atoms with E-state index in [1.54, 1.807) is 0 Å². The van der Waals surface area contributed by atoms with Crippen molar-refractivity contribution < 1.29 is 19.5 Å². The second-order valence-electron chi connectivity index (χ2n) is 5.75. The van der Waals surface area contributed by atoms with Crippen molar-refractivity contribution >= 4 is 17.9 Å². The number of nitrogens with one attached hydrogen (secondary N) is 2. The monoisotopic (exact) mass is 285 g/mol. The van der Waals surface area contributed by atoms with Crippen LogP contribution in [0.1, 0.15) is 33.1 Å². The Labute approximate surface area is 118 Å². The number of carboxylic acids is 1. The molecule has 1 aliphatic heterocycles. The number of carboxylic acid groups (broad SMARTS) is 1. The summed E-state index contributed by atoms with van der Waals surface area (Å²) in [6.07, 6.45) is 1.87. The van der Waals surface area contributed by atoms with Crippen LogP contribution in [0.2, 0.25) is 0 Å². The molecule has 20 heavy (non-hydrogen) atoms. The number of likely N-dealkylation sites (tertiary alicyclic amines) is 1. The number of rotatable bonds is 4. The number of hydrogen-bond acceptors (Lipinski definition) is 4. The van der Waals surface area contributed by atoms with Crippen LogP contribution in [-0.4, -0.2) is 54.1 Å². The van der Waals surface area contributed by atoms with Gasteiger partial charge in [-0.15, -0.1) is 0 Å². The molecule has 1 aliphatic rings. The Morgan fingerprint density at radius 1 is 1.35 bits per heavy atom. The minimum absolute atomic E-state index is 0.104. The van der Waals surface area contributed by atoms with Gasteiger partial charge in [0.1, 0.15) is 6.04 Å². The summed E-state index contributed by atoms with van der Waals surface area (Å²) in [6, 6.07) is -1.15. The summed E-state index contributed by atoms with van der Waals surface area (Å²) in [5.74, 6) is -1.27. The van der Waals surface area contributed by atoms with E-state index in [1.807, 2.05) is 18.7 Å². The van der Waals surface area contributed by atoms with Crippen LogP contribution in [0.25, 0.3) is 0 Å². The molecular formula is C13H23N3O4. The summed E-state index contributed by atoms with van der Waals surface area (Å²) in [5.41, 5.74) is -0.318. The molecule has 1 saturated heterocycles. The maximum Gasteiger partial charge on any atom is 0.321 e. The lowest BCUT2D eigenvalue weighted by atomic mass is 9.76. The molecule has 3 amide bonds. The summed E-state index contributed by atoms with van der Waals surface area (Å²) in [6.45, 7) is 4.86. The van der Waals surface area contributed by atoms with E-state index in [9.17, 15) is 19.5 Å². The zero-order chi connectivity index (χ0) is 15.3. The number of carbonyl (C=O) groups is 3. The molecule has 114 valence electrons. The highest BCUT2D eigenvalue weighted by Crippen LogP contribution is 2.35. The third kappa shape index (κ3) is 4.19. The molecule has 0 radical (unpaired) electrons. The van der Waals surface area contributed by atoms with E-state index < -0.39 is 23.9 Å². The van der Waals surface area contributed by atoms with Crippen molar-refractivity contribution in [2.24, 2.45) is 5.41 Å². The lowest BCUT2D eigenvalue weighted by Crippen LogP contribution is -2.54. The highest BCUT2D eigenvalue weighted by molar-refractivity contribution is 5.94. The maximum atomic E-state index is 11.5. The van der Waals surface area contributed by atoms with Gasteiger partial charge >= 0.3 is 12.0 Å². The molecule has 0 aromatic heterocycles. The van der Waals surface area contributed by atoms with Crippen LogP contribution in [-0.2, 0) is 9.59 Å². The molecule has 0 aromatic rings. The first kappa shape index (κ1) is 16.4. The number of urea groups is 1. The Morgan fingerprint density at radius 3 is 2.55 bits per heavy atom. The van der Waals surface area contributed by atoms with Gasteiger partial charge in [-0.1, -0.05) is 13.8 Å². The van der Waals surface area contributed by atoms with Crippen LogP contribution < -0.4 is 10.6 Å². The Morgan fingerprint density at radius 2 is 2.00 bits per heavy atom. The molecule has 0 bridgehead atoms. The van der Waals surface area contributed by atoms with Crippen LogP contribution in [0.5, 0.6) is 0 Å². The SMILES string of the molecule is CNC(=O)NC(=O)CCN1CCCC(C)(C)C1C(=O)O. The minimum atomic E-state index is -0.860. The fourth-order valence-electron chi connectivity index (χ4n) is 2.73. The van der Waals surface area contributed by atoms with Gasteiger partial charge in [-0.25, -0.2) is 4.79 Å². The molecule has 1 atom stereocenters. The summed E-state index contributed by atoms with van der Waals surface area (Å²) in [4.78, 5) is 35.8. The predicted molar refractivity (Wildman–Crippen MR) is 73.2 cm³/mol. The minimum Gasteiger partial charge on any atom is -0.480 e. The molecule has 0 saturated carbocycles. The summed E-state index contributed by atoms with van der Waals surface area (Å²) >= 11 is 0. The molecule has 1 heterocycles. The fourth-order valence-corrected chi connectivity index (χ4v) is 2.73. The number of aliphatic carboxylic acids is 1. The first-order valence-corrected chi connectivity index (χ1v) is 6.76. The highest BCUT2D eigenvalue weighted by atomic mass is 16.4. The van der Waals surface area contributed by atoms with Crippen molar-refractivity contribution in [1.29, 1.82) is 0 Å². The van der Waals surface area contributed by atoms with Gasteiger partial charge in [0.05, 0.1) is 0 Å². The molecule has 7 nitrogen and oxygen atoms in total. The van der Waals surface area contributed by atoms with Crippen LogP contribution in [0, 0.1) is 5.41 Å². The van der Waals surface area contributed by atoms with Gasteiger partial charge in [0.25, 0.3) is 0 Å². The number of carbonyl (C=O) groups excluding carboxylic acids is 2. The Bertz CT molecular complexity index is 395. The van der Waals surface area contributed by atoms with Gasteiger partial charge in [-0.05, 0) is 24.8 Å². The zero-order valence-electron chi connectivity index (χ0n) is 12.2. The quantitative estimate of drug-likeness (QED) is 0.695. The molecule has 7 heteroatoms. The first-order chi connectivity index (χ1) is 9.27. The number of hydrogen-bond donors (Lipinski definition) is 3.